The Hall–Kier alpha value is -1.74. The highest BCUT2D eigenvalue weighted by molar-refractivity contribution is 6.88. The molecule has 1 heterocycles. The van der Waals surface area contributed by atoms with Crippen molar-refractivity contribution in [2.75, 3.05) is 0 Å². The van der Waals surface area contributed by atoms with E-state index in [0.717, 1.165) is 17.4 Å². The first-order chi connectivity index (χ1) is 8.50. The lowest BCUT2D eigenvalue weighted by molar-refractivity contribution is 0.112. The molecule has 92 valence electrons. The molecule has 0 bridgehead atoms. The number of aldehydes is 1. The predicted molar refractivity (Wildman–Crippen MR) is 78.0 cm³/mol. The molecule has 0 saturated carbocycles. The minimum absolute atomic E-state index is 0.617. The molecular weight excluding hydrogens is 238 g/mol. The summed E-state index contributed by atoms with van der Waals surface area (Å²) in [5, 5.41) is 1.41. The third-order valence-corrected chi connectivity index (χ3v) is 5.00. The molecule has 0 unspecified atom stereocenters. The Balaban J connectivity index is 2.47. The second-order valence-electron chi connectivity index (χ2n) is 5.46. The highest BCUT2D eigenvalue weighted by Gasteiger charge is 2.16. The van der Waals surface area contributed by atoms with Crippen molar-refractivity contribution in [1.82, 2.24) is 4.98 Å². The van der Waals surface area contributed by atoms with Crippen molar-refractivity contribution in [3.05, 3.63) is 48.3 Å². The summed E-state index contributed by atoms with van der Waals surface area (Å²) in [6, 6.07) is 10.4. The van der Waals surface area contributed by atoms with E-state index in [2.05, 4.69) is 48.9 Å². The minimum Gasteiger partial charge on any atom is -0.298 e. The second kappa shape index (κ2) is 4.86. The molecule has 0 amide bonds. The fourth-order valence-corrected chi connectivity index (χ4v) is 3.03. The van der Waals surface area contributed by atoms with E-state index < -0.39 is 8.07 Å². The van der Waals surface area contributed by atoms with Gasteiger partial charge >= 0.3 is 0 Å². The van der Waals surface area contributed by atoms with E-state index in [9.17, 15) is 4.79 Å². The topological polar surface area (TPSA) is 30.0 Å². The van der Waals surface area contributed by atoms with Crippen LogP contribution in [0.4, 0.5) is 0 Å². The molecule has 0 N–H and O–H groups in total. The predicted octanol–water partition coefficient (Wildman–Crippen LogP) is 3.11. The molecule has 0 atom stereocenters. The zero-order valence-corrected chi connectivity index (χ0v) is 12.0. The largest absolute Gasteiger partial charge is 0.298 e. The van der Waals surface area contributed by atoms with Crippen LogP contribution in [0.5, 0.6) is 0 Å². The zero-order valence-electron chi connectivity index (χ0n) is 11.0. The number of aromatic nitrogens is 1. The Kier molecular flexibility index (Phi) is 3.43. The third kappa shape index (κ3) is 2.74. The molecule has 2 nitrogen and oxygen atoms in total. The maximum absolute atomic E-state index is 10.8. The fourth-order valence-electron chi connectivity index (χ4n) is 1.85. The summed E-state index contributed by atoms with van der Waals surface area (Å²) in [5.74, 6) is 0. The number of carbonyl (C=O) groups excluding carboxylic acids is 1. The molecule has 0 fully saturated rings. The van der Waals surface area contributed by atoms with E-state index in [1.54, 1.807) is 12.4 Å². The number of carbonyl (C=O) groups is 1. The first-order valence-corrected chi connectivity index (χ1v) is 9.52. The van der Waals surface area contributed by atoms with Gasteiger partial charge in [0.25, 0.3) is 0 Å². The van der Waals surface area contributed by atoms with Gasteiger partial charge in [0.05, 0.1) is 8.07 Å². The number of nitrogens with zero attached hydrogens (tertiary/aromatic N) is 1. The SMILES string of the molecule is C[Si](C)(C)c1cccc(-c2cncc(C=O)c2)c1. The van der Waals surface area contributed by atoms with Gasteiger partial charge in [0.2, 0.25) is 0 Å². The normalized spacial score (nSPS) is 11.3. The van der Waals surface area contributed by atoms with Gasteiger partial charge in [-0.2, -0.15) is 0 Å². The number of pyridine rings is 1. The first-order valence-electron chi connectivity index (χ1n) is 6.02. The molecule has 3 heteroatoms. The van der Waals surface area contributed by atoms with Crippen molar-refractivity contribution in [3.63, 3.8) is 0 Å². The lowest BCUT2D eigenvalue weighted by atomic mass is 10.1. The van der Waals surface area contributed by atoms with Crippen LogP contribution in [0, 0.1) is 0 Å². The Bertz CT molecular complexity index is 573. The summed E-state index contributed by atoms with van der Waals surface area (Å²) >= 11 is 0. The number of hydrogen-bond acceptors (Lipinski definition) is 2. The van der Waals surface area contributed by atoms with Gasteiger partial charge in [-0.05, 0) is 11.6 Å². The second-order valence-corrected chi connectivity index (χ2v) is 10.5. The molecule has 0 spiro atoms. The number of hydrogen-bond donors (Lipinski definition) is 0. The van der Waals surface area contributed by atoms with Crippen molar-refractivity contribution < 1.29 is 4.79 Å². The first kappa shape index (κ1) is 12.7. The molecule has 0 aliphatic carbocycles. The van der Waals surface area contributed by atoms with E-state index in [1.807, 2.05) is 6.07 Å². The molecule has 1 aromatic heterocycles. The van der Waals surface area contributed by atoms with Crippen molar-refractivity contribution in [3.8, 4) is 11.1 Å². The Morgan fingerprint density at radius 3 is 2.50 bits per heavy atom. The van der Waals surface area contributed by atoms with Gasteiger partial charge in [-0.3, -0.25) is 9.78 Å². The minimum atomic E-state index is -1.31. The highest BCUT2D eigenvalue weighted by Crippen LogP contribution is 2.18. The summed E-state index contributed by atoms with van der Waals surface area (Å²) < 4.78 is 0. The summed E-state index contributed by atoms with van der Waals surface area (Å²) in [7, 11) is -1.31. The Labute approximate surface area is 109 Å². The van der Waals surface area contributed by atoms with Crippen molar-refractivity contribution >= 4 is 19.5 Å². The van der Waals surface area contributed by atoms with Crippen LogP contribution < -0.4 is 5.19 Å². The lowest BCUT2D eigenvalue weighted by Crippen LogP contribution is -2.37. The molecule has 2 aromatic rings. The van der Waals surface area contributed by atoms with Crippen LogP contribution in [0.1, 0.15) is 10.4 Å². The Morgan fingerprint density at radius 1 is 1.06 bits per heavy atom. The average Bonchev–Trinajstić information content (AvgIpc) is 2.38. The number of rotatable bonds is 3. The van der Waals surface area contributed by atoms with Crippen LogP contribution in [0.3, 0.4) is 0 Å². The molecule has 2 rings (SSSR count). The van der Waals surface area contributed by atoms with Gasteiger partial charge in [-0.1, -0.05) is 49.1 Å². The van der Waals surface area contributed by atoms with Crippen LogP contribution in [-0.2, 0) is 0 Å². The zero-order chi connectivity index (χ0) is 13.2. The summed E-state index contributed by atoms with van der Waals surface area (Å²) in [4.78, 5) is 14.9. The highest BCUT2D eigenvalue weighted by atomic mass is 28.3. The van der Waals surface area contributed by atoms with E-state index in [0.29, 0.717) is 5.56 Å². The third-order valence-electron chi connectivity index (χ3n) is 2.96. The molecule has 18 heavy (non-hydrogen) atoms. The van der Waals surface area contributed by atoms with E-state index in [4.69, 9.17) is 0 Å². The molecule has 0 radical (unpaired) electrons. The van der Waals surface area contributed by atoms with Gasteiger partial charge in [-0.25, -0.2) is 0 Å². The summed E-state index contributed by atoms with van der Waals surface area (Å²) in [6.07, 6.45) is 4.22. The number of benzene rings is 1. The van der Waals surface area contributed by atoms with E-state index in [1.165, 1.54) is 5.19 Å². The van der Waals surface area contributed by atoms with Crippen LogP contribution in [0.25, 0.3) is 11.1 Å². The van der Waals surface area contributed by atoms with Crippen molar-refractivity contribution in [1.29, 1.82) is 0 Å². The van der Waals surface area contributed by atoms with E-state index in [-0.39, 0.29) is 0 Å². The molecule has 1 aromatic carbocycles. The summed E-state index contributed by atoms with van der Waals surface area (Å²) in [5.41, 5.74) is 2.75. The van der Waals surface area contributed by atoms with Crippen molar-refractivity contribution in [2.45, 2.75) is 19.6 Å². The molecule has 0 aliphatic rings. The molecule has 0 aliphatic heterocycles. The average molecular weight is 255 g/mol. The van der Waals surface area contributed by atoms with Gasteiger partial charge in [0, 0.05) is 23.5 Å². The van der Waals surface area contributed by atoms with Crippen LogP contribution in [-0.4, -0.2) is 19.3 Å². The maximum atomic E-state index is 10.8. The lowest BCUT2D eigenvalue weighted by Gasteiger charge is -2.17. The maximum Gasteiger partial charge on any atom is 0.151 e. The Morgan fingerprint density at radius 2 is 1.83 bits per heavy atom. The standard InChI is InChI=1S/C15H17NOSi/c1-18(2,3)15-6-4-5-13(8-15)14-7-12(11-17)9-16-10-14/h4-11H,1-3H3. The monoisotopic (exact) mass is 255 g/mol. The van der Waals surface area contributed by atoms with Gasteiger partial charge in [-0.15, -0.1) is 0 Å². The summed E-state index contributed by atoms with van der Waals surface area (Å²) in [6.45, 7) is 6.98. The van der Waals surface area contributed by atoms with Crippen LogP contribution in [0.2, 0.25) is 19.6 Å². The van der Waals surface area contributed by atoms with Gasteiger partial charge < -0.3 is 0 Å². The van der Waals surface area contributed by atoms with Crippen LogP contribution >= 0.6 is 0 Å². The smallest absolute Gasteiger partial charge is 0.151 e. The quantitative estimate of drug-likeness (QED) is 0.623. The molecule has 0 saturated heterocycles. The molecular formula is C15H17NOSi. The van der Waals surface area contributed by atoms with Gasteiger partial charge in [0.15, 0.2) is 6.29 Å². The van der Waals surface area contributed by atoms with E-state index >= 15 is 0 Å². The van der Waals surface area contributed by atoms with Crippen molar-refractivity contribution in [2.24, 2.45) is 0 Å². The van der Waals surface area contributed by atoms with Gasteiger partial charge in [0.1, 0.15) is 0 Å². The fraction of sp³-hybridized carbons (Fsp3) is 0.200. The van der Waals surface area contributed by atoms with Crippen LogP contribution in [0.15, 0.2) is 42.7 Å².